The van der Waals surface area contributed by atoms with Gasteiger partial charge in [-0.2, -0.15) is 9.97 Å². The first-order chi connectivity index (χ1) is 10.8. The summed E-state index contributed by atoms with van der Waals surface area (Å²) in [6, 6.07) is 2.09. The Bertz CT molecular complexity index is 773. The van der Waals surface area contributed by atoms with E-state index in [1.807, 2.05) is 18.5 Å². The highest BCUT2D eigenvalue weighted by Crippen LogP contribution is 2.26. The molecule has 0 aromatic carbocycles. The zero-order chi connectivity index (χ0) is 14.9. The fourth-order valence-electron chi connectivity index (χ4n) is 2.82. The van der Waals surface area contributed by atoms with Gasteiger partial charge in [-0.05, 0) is 25.8 Å². The summed E-state index contributed by atoms with van der Waals surface area (Å²) in [5.41, 5.74) is 2.00. The molecule has 0 atom stereocenters. The van der Waals surface area contributed by atoms with E-state index in [9.17, 15) is 0 Å². The van der Waals surface area contributed by atoms with Crippen molar-refractivity contribution < 1.29 is 0 Å². The molecule has 3 aromatic heterocycles. The predicted octanol–water partition coefficient (Wildman–Crippen LogP) is 2.94. The van der Waals surface area contributed by atoms with Crippen LogP contribution in [0.3, 0.4) is 0 Å². The monoisotopic (exact) mass is 314 g/mol. The van der Waals surface area contributed by atoms with Gasteiger partial charge in [-0.1, -0.05) is 0 Å². The lowest BCUT2D eigenvalue weighted by Gasteiger charge is -2.16. The maximum atomic E-state index is 4.76. The highest BCUT2D eigenvalue weighted by Gasteiger charge is 2.18. The van der Waals surface area contributed by atoms with Crippen molar-refractivity contribution in [2.45, 2.75) is 26.3 Å². The minimum absolute atomic E-state index is 0.688. The van der Waals surface area contributed by atoms with Gasteiger partial charge in [0.1, 0.15) is 16.5 Å². The zero-order valence-corrected chi connectivity index (χ0v) is 13.3. The minimum atomic E-state index is 0.688. The quantitative estimate of drug-likeness (QED) is 0.775. The second kappa shape index (κ2) is 5.57. The molecule has 114 valence electrons. The van der Waals surface area contributed by atoms with Gasteiger partial charge in [0, 0.05) is 30.4 Å². The number of hydrogen-bond donors (Lipinski definition) is 2. The van der Waals surface area contributed by atoms with E-state index in [1.165, 1.54) is 12.8 Å². The SMILES string of the molecule is Cc1cc2c(NCc3nccs3)nc(N3CCCC3)nc2[nH]1. The van der Waals surface area contributed by atoms with E-state index >= 15 is 0 Å². The molecule has 4 heterocycles. The van der Waals surface area contributed by atoms with Crippen molar-refractivity contribution >= 4 is 34.1 Å². The molecule has 0 bridgehead atoms. The highest BCUT2D eigenvalue weighted by atomic mass is 32.1. The Morgan fingerprint density at radius 2 is 2.18 bits per heavy atom. The third kappa shape index (κ3) is 2.52. The van der Waals surface area contributed by atoms with Crippen molar-refractivity contribution in [2.24, 2.45) is 0 Å². The average molecular weight is 314 g/mol. The molecule has 7 heteroatoms. The van der Waals surface area contributed by atoms with Crippen LogP contribution in [0.25, 0.3) is 11.0 Å². The largest absolute Gasteiger partial charge is 0.363 e. The van der Waals surface area contributed by atoms with Crippen LogP contribution in [0.2, 0.25) is 0 Å². The Hall–Kier alpha value is -2.15. The van der Waals surface area contributed by atoms with Crippen molar-refractivity contribution in [3.63, 3.8) is 0 Å². The summed E-state index contributed by atoms with van der Waals surface area (Å²) >= 11 is 1.65. The van der Waals surface area contributed by atoms with Gasteiger partial charge in [0.05, 0.1) is 11.9 Å². The van der Waals surface area contributed by atoms with Crippen molar-refractivity contribution in [3.8, 4) is 0 Å². The number of thiazole rings is 1. The number of nitrogens with one attached hydrogen (secondary N) is 2. The topological polar surface area (TPSA) is 69.7 Å². The standard InChI is InChI=1S/C15H18N6S/c1-10-8-11-13(17-9-12-16-4-7-22-12)19-15(20-14(11)18-10)21-5-2-3-6-21/h4,7-8H,2-3,5-6,9H2,1H3,(H2,17,18,19,20). The maximum absolute atomic E-state index is 4.76. The van der Waals surface area contributed by atoms with Crippen molar-refractivity contribution in [2.75, 3.05) is 23.3 Å². The number of nitrogens with zero attached hydrogens (tertiary/aromatic N) is 4. The van der Waals surface area contributed by atoms with Crippen LogP contribution in [0.1, 0.15) is 23.5 Å². The molecule has 0 saturated carbocycles. The number of hydrogen-bond acceptors (Lipinski definition) is 6. The van der Waals surface area contributed by atoms with Gasteiger partial charge >= 0.3 is 0 Å². The number of aromatic amines is 1. The first-order valence-corrected chi connectivity index (χ1v) is 8.42. The second-order valence-corrected chi connectivity index (χ2v) is 6.54. The molecule has 4 rings (SSSR count). The molecule has 1 fully saturated rings. The van der Waals surface area contributed by atoms with Gasteiger partial charge in [0.25, 0.3) is 0 Å². The summed E-state index contributed by atoms with van der Waals surface area (Å²) in [5.74, 6) is 1.69. The molecule has 1 aliphatic heterocycles. The molecule has 0 radical (unpaired) electrons. The fourth-order valence-corrected chi connectivity index (χ4v) is 3.38. The summed E-state index contributed by atoms with van der Waals surface area (Å²) in [5, 5.41) is 7.50. The summed E-state index contributed by atoms with van der Waals surface area (Å²) in [6.45, 7) is 4.81. The smallest absolute Gasteiger partial charge is 0.229 e. The van der Waals surface area contributed by atoms with E-state index in [4.69, 9.17) is 4.98 Å². The number of aromatic nitrogens is 4. The van der Waals surface area contributed by atoms with Crippen LogP contribution in [-0.2, 0) is 6.54 Å². The molecule has 0 spiro atoms. The Kier molecular flexibility index (Phi) is 3.42. The highest BCUT2D eigenvalue weighted by molar-refractivity contribution is 7.09. The molecule has 0 unspecified atom stereocenters. The van der Waals surface area contributed by atoms with Crippen LogP contribution in [0.15, 0.2) is 17.6 Å². The lowest BCUT2D eigenvalue weighted by Crippen LogP contribution is -2.21. The van der Waals surface area contributed by atoms with E-state index in [0.29, 0.717) is 6.54 Å². The Balaban J connectivity index is 1.70. The Morgan fingerprint density at radius 1 is 1.32 bits per heavy atom. The van der Waals surface area contributed by atoms with E-state index in [1.54, 1.807) is 11.3 Å². The molecular formula is C15H18N6S. The molecular weight excluding hydrogens is 296 g/mol. The second-order valence-electron chi connectivity index (χ2n) is 5.56. The number of aryl methyl sites for hydroxylation is 1. The molecule has 0 amide bonds. The van der Waals surface area contributed by atoms with Crippen molar-refractivity contribution in [3.05, 3.63) is 28.3 Å². The van der Waals surface area contributed by atoms with Crippen LogP contribution in [0.5, 0.6) is 0 Å². The number of rotatable bonds is 4. The van der Waals surface area contributed by atoms with Crippen LogP contribution >= 0.6 is 11.3 Å². The van der Waals surface area contributed by atoms with E-state index in [0.717, 1.165) is 46.6 Å². The van der Waals surface area contributed by atoms with Crippen LogP contribution in [0.4, 0.5) is 11.8 Å². The number of H-pyrrole nitrogens is 1. The molecule has 1 saturated heterocycles. The van der Waals surface area contributed by atoms with E-state index in [2.05, 4.69) is 31.2 Å². The minimum Gasteiger partial charge on any atom is -0.363 e. The van der Waals surface area contributed by atoms with E-state index in [-0.39, 0.29) is 0 Å². The Morgan fingerprint density at radius 3 is 2.95 bits per heavy atom. The third-order valence-corrected chi connectivity index (χ3v) is 4.67. The molecule has 1 aliphatic rings. The summed E-state index contributed by atoms with van der Waals surface area (Å²) in [4.78, 5) is 19.3. The molecule has 3 aromatic rings. The number of anilines is 2. The van der Waals surface area contributed by atoms with Crippen molar-refractivity contribution in [1.29, 1.82) is 0 Å². The van der Waals surface area contributed by atoms with Crippen molar-refractivity contribution in [1.82, 2.24) is 19.9 Å². The predicted molar refractivity (Wildman–Crippen MR) is 89.5 cm³/mol. The van der Waals surface area contributed by atoms with Gasteiger partial charge in [-0.25, -0.2) is 4.98 Å². The normalized spacial score (nSPS) is 14.9. The summed E-state index contributed by atoms with van der Waals surface area (Å²) in [7, 11) is 0. The summed E-state index contributed by atoms with van der Waals surface area (Å²) < 4.78 is 0. The van der Waals surface area contributed by atoms with Gasteiger partial charge in [0.15, 0.2) is 0 Å². The Labute approximate surface area is 132 Å². The fraction of sp³-hybridized carbons (Fsp3) is 0.400. The lowest BCUT2D eigenvalue weighted by atomic mass is 10.3. The molecule has 2 N–H and O–H groups in total. The first-order valence-electron chi connectivity index (χ1n) is 7.54. The lowest BCUT2D eigenvalue weighted by molar-refractivity contribution is 0.903. The average Bonchev–Trinajstić information content (AvgIpc) is 3.25. The molecule has 0 aliphatic carbocycles. The van der Waals surface area contributed by atoms with Crippen LogP contribution < -0.4 is 10.2 Å². The van der Waals surface area contributed by atoms with Gasteiger partial charge in [-0.15, -0.1) is 11.3 Å². The molecule has 6 nitrogen and oxygen atoms in total. The maximum Gasteiger partial charge on any atom is 0.229 e. The van der Waals surface area contributed by atoms with Crippen LogP contribution in [0, 0.1) is 6.92 Å². The van der Waals surface area contributed by atoms with Gasteiger partial charge in [0.2, 0.25) is 5.95 Å². The van der Waals surface area contributed by atoms with Gasteiger partial charge in [-0.3, -0.25) is 0 Å². The first kappa shape index (κ1) is 13.5. The van der Waals surface area contributed by atoms with Gasteiger partial charge < -0.3 is 15.2 Å². The third-order valence-electron chi connectivity index (χ3n) is 3.89. The summed E-state index contributed by atoms with van der Waals surface area (Å²) in [6.07, 6.45) is 4.26. The van der Waals surface area contributed by atoms with Crippen LogP contribution in [-0.4, -0.2) is 33.0 Å². The molecule has 22 heavy (non-hydrogen) atoms. The zero-order valence-electron chi connectivity index (χ0n) is 12.5. The van der Waals surface area contributed by atoms with E-state index < -0.39 is 0 Å². The number of fused-ring (bicyclic) bond motifs is 1.